The molecular formula is C7H11NOS. The Hall–Kier alpha value is -0.700. The van der Waals surface area contributed by atoms with Gasteiger partial charge in [-0.25, -0.2) is 15.9 Å². The van der Waals surface area contributed by atoms with Crippen LogP contribution in [0, 0.1) is 0 Å². The van der Waals surface area contributed by atoms with Crippen molar-refractivity contribution < 1.29 is 5.11 Å². The number of hydrogen-bond acceptors (Lipinski definition) is 2. The Morgan fingerprint density at radius 1 is 1.40 bits per heavy atom. The van der Waals surface area contributed by atoms with Crippen molar-refractivity contribution in [2.75, 3.05) is 12.5 Å². The monoisotopic (exact) mass is 157 g/mol. The standard InChI is InChI=1S/C7H11NOS/c1-10(2)6-3-4-7(9)8-5-6/h3-5,10H,1-2H3,(H,8,9). The summed E-state index contributed by atoms with van der Waals surface area (Å²) >= 11 is 0. The molecule has 0 aliphatic heterocycles. The molecule has 0 atom stereocenters. The second-order valence-electron chi connectivity index (χ2n) is 2.27. The molecule has 2 nitrogen and oxygen atoms in total. The van der Waals surface area contributed by atoms with E-state index in [0.717, 1.165) is 0 Å². The Morgan fingerprint density at radius 2 is 2.10 bits per heavy atom. The third-order valence-electron chi connectivity index (χ3n) is 1.25. The van der Waals surface area contributed by atoms with Crippen molar-refractivity contribution in [3.63, 3.8) is 0 Å². The van der Waals surface area contributed by atoms with Crippen molar-refractivity contribution in [2.24, 2.45) is 0 Å². The van der Waals surface area contributed by atoms with Gasteiger partial charge in [-0.2, -0.15) is 0 Å². The molecule has 0 radical (unpaired) electrons. The lowest BCUT2D eigenvalue weighted by molar-refractivity contribution is 0.452. The number of aromatic hydroxyl groups is 1. The van der Waals surface area contributed by atoms with Crippen molar-refractivity contribution in [3.8, 4) is 5.88 Å². The molecule has 0 bridgehead atoms. The number of hydrogen-bond donors (Lipinski definition) is 2. The molecule has 1 aromatic heterocycles. The predicted molar refractivity (Wildman–Crippen MR) is 45.0 cm³/mol. The van der Waals surface area contributed by atoms with E-state index in [9.17, 15) is 0 Å². The van der Waals surface area contributed by atoms with Gasteiger partial charge in [0.15, 0.2) is 0 Å². The summed E-state index contributed by atoms with van der Waals surface area (Å²) in [4.78, 5) is 4.99. The molecule has 0 unspecified atom stereocenters. The van der Waals surface area contributed by atoms with Gasteiger partial charge in [-0.3, -0.25) is 0 Å². The molecule has 0 aliphatic carbocycles. The first kappa shape index (κ1) is 7.41. The van der Waals surface area contributed by atoms with Crippen LogP contribution in [-0.4, -0.2) is 22.6 Å². The summed E-state index contributed by atoms with van der Waals surface area (Å²) < 4.78 is 0. The number of thiol groups is 1. The summed E-state index contributed by atoms with van der Waals surface area (Å²) in [6, 6.07) is 3.53. The topological polar surface area (TPSA) is 33.1 Å². The van der Waals surface area contributed by atoms with Crippen LogP contribution in [0.4, 0.5) is 0 Å². The molecule has 1 rings (SSSR count). The second-order valence-corrected chi connectivity index (χ2v) is 4.57. The van der Waals surface area contributed by atoms with E-state index >= 15 is 0 Å². The Morgan fingerprint density at radius 3 is 2.50 bits per heavy atom. The van der Waals surface area contributed by atoms with Gasteiger partial charge in [0, 0.05) is 17.2 Å². The van der Waals surface area contributed by atoms with Crippen molar-refractivity contribution >= 4 is 10.9 Å². The van der Waals surface area contributed by atoms with E-state index in [1.807, 2.05) is 6.07 Å². The maximum absolute atomic E-state index is 8.83. The molecule has 10 heavy (non-hydrogen) atoms. The third-order valence-corrected chi connectivity index (χ3v) is 2.55. The number of nitrogens with zero attached hydrogens (tertiary/aromatic N) is 1. The van der Waals surface area contributed by atoms with Gasteiger partial charge >= 0.3 is 0 Å². The average molecular weight is 157 g/mol. The minimum Gasteiger partial charge on any atom is -0.493 e. The van der Waals surface area contributed by atoms with Crippen LogP contribution in [0.2, 0.25) is 0 Å². The molecule has 0 saturated carbocycles. The van der Waals surface area contributed by atoms with Gasteiger partial charge in [-0.05, 0) is 18.6 Å². The van der Waals surface area contributed by atoms with E-state index in [1.54, 1.807) is 12.3 Å². The highest BCUT2D eigenvalue weighted by Gasteiger charge is 1.94. The fraction of sp³-hybridized carbons (Fsp3) is 0.286. The molecule has 0 spiro atoms. The second kappa shape index (κ2) is 2.92. The molecule has 0 saturated heterocycles. The van der Waals surface area contributed by atoms with Crippen LogP contribution >= 0.6 is 10.9 Å². The normalized spacial score (nSPS) is 11.2. The van der Waals surface area contributed by atoms with Crippen LogP contribution in [0.15, 0.2) is 23.2 Å². The summed E-state index contributed by atoms with van der Waals surface area (Å²) in [7, 11) is -0.0816. The fourth-order valence-electron chi connectivity index (χ4n) is 0.643. The van der Waals surface area contributed by atoms with E-state index in [4.69, 9.17) is 5.11 Å². The molecule has 1 heterocycles. The first-order chi connectivity index (χ1) is 4.70. The molecular weight excluding hydrogens is 146 g/mol. The van der Waals surface area contributed by atoms with Gasteiger partial charge in [0.25, 0.3) is 0 Å². The maximum Gasteiger partial charge on any atom is 0.210 e. The zero-order valence-electron chi connectivity index (χ0n) is 6.07. The van der Waals surface area contributed by atoms with Crippen LogP contribution in [0.3, 0.4) is 0 Å². The highest BCUT2D eigenvalue weighted by molar-refractivity contribution is 8.15. The van der Waals surface area contributed by atoms with Gasteiger partial charge in [-0.15, -0.1) is 0 Å². The van der Waals surface area contributed by atoms with Crippen molar-refractivity contribution in [1.82, 2.24) is 4.98 Å². The first-order valence-electron chi connectivity index (χ1n) is 3.02. The van der Waals surface area contributed by atoms with Crippen LogP contribution < -0.4 is 0 Å². The predicted octanol–water partition coefficient (Wildman–Crippen LogP) is 1.41. The van der Waals surface area contributed by atoms with Crippen LogP contribution in [0.25, 0.3) is 0 Å². The first-order valence-corrected chi connectivity index (χ1v) is 5.26. The fourth-order valence-corrected chi connectivity index (χ4v) is 1.30. The Bertz CT molecular complexity index is 207. The number of aromatic nitrogens is 1. The SMILES string of the molecule is C[SH](C)c1ccc(O)nc1. The van der Waals surface area contributed by atoms with Gasteiger partial charge < -0.3 is 5.11 Å². The van der Waals surface area contributed by atoms with Gasteiger partial charge in [0.2, 0.25) is 5.88 Å². The van der Waals surface area contributed by atoms with Gasteiger partial charge in [-0.1, -0.05) is 0 Å². The van der Waals surface area contributed by atoms with Crippen LogP contribution in [-0.2, 0) is 0 Å². The van der Waals surface area contributed by atoms with E-state index < -0.39 is 0 Å². The molecule has 56 valence electrons. The molecule has 0 amide bonds. The van der Waals surface area contributed by atoms with E-state index in [-0.39, 0.29) is 16.8 Å². The largest absolute Gasteiger partial charge is 0.493 e. The molecule has 1 N–H and O–H groups in total. The number of pyridine rings is 1. The van der Waals surface area contributed by atoms with Crippen molar-refractivity contribution in [2.45, 2.75) is 4.90 Å². The van der Waals surface area contributed by atoms with E-state index in [1.165, 1.54) is 4.90 Å². The lowest BCUT2D eigenvalue weighted by Gasteiger charge is -2.07. The van der Waals surface area contributed by atoms with Gasteiger partial charge in [0.05, 0.1) is 0 Å². The zero-order chi connectivity index (χ0) is 7.56. The summed E-state index contributed by atoms with van der Waals surface area (Å²) in [5.41, 5.74) is 0. The van der Waals surface area contributed by atoms with Crippen molar-refractivity contribution in [1.29, 1.82) is 0 Å². The molecule has 3 heteroatoms. The summed E-state index contributed by atoms with van der Waals surface area (Å²) in [6.45, 7) is 0. The smallest absolute Gasteiger partial charge is 0.210 e. The minimum atomic E-state index is -0.0816. The van der Waals surface area contributed by atoms with Crippen LogP contribution in [0.5, 0.6) is 5.88 Å². The van der Waals surface area contributed by atoms with E-state index in [0.29, 0.717) is 0 Å². The summed E-state index contributed by atoms with van der Waals surface area (Å²) in [5, 5.41) is 8.83. The number of rotatable bonds is 1. The molecule has 0 aliphatic rings. The van der Waals surface area contributed by atoms with E-state index in [2.05, 4.69) is 17.5 Å². The quantitative estimate of drug-likeness (QED) is 0.604. The summed E-state index contributed by atoms with van der Waals surface area (Å²) in [6.07, 6.45) is 6.04. The van der Waals surface area contributed by atoms with Crippen LogP contribution in [0.1, 0.15) is 0 Å². The molecule has 0 aromatic carbocycles. The Kier molecular flexibility index (Phi) is 2.17. The highest BCUT2D eigenvalue weighted by atomic mass is 32.2. The highest BCUT2D eigenvalue weighted by Crippen LogP contribution is 2.27. The van der Waals surface area contributed by atoms with Gasteiger partial charge in [0.1, 0.15) is 0 Å². The summed E-state index contributed by atoms with van der Waals surface area (Å²) in [5.74, 6) is 0.0978. The Labute approximate surface area is 63.3 Å². The maximum atomic E-state index is 8.83. The molecule has 1 aromatic rings. The lowest BCUT2D eigenvalue weighted by atomic mass is 10.5. The Balaban J connectivity index is 2.89. The minimum absolute atomic E-state index is 0.0816. The zero-order valence-corrected chi connectivity index (χ0v) is 6.97. The average Bonchev–Trinajstić information content (AvgIpc) is 1.88. The van der Waals surface area contributed by atoms with Crippen molar-refractivity contribution in [3.05, 3.63) is 18.3 Å². The molecule has 0 fully saturated rings. The third kappa shape index (κ3) is 1.64. The lowest BCUT2D eigenvalue weighted by Crippen LogP contribution is -1.79.